The maximum absolute atomic E-state index is 5.12. The van der Waals surface area contributed by atoms with Gasteiger partial charge in [0.25, 0.3) is 0 Å². The zero-order valence-corrected chi connectivity index (χ0v) is 7.63. The lowest BCUT2D eigenvalue weighted by Gasteiger charge is -2.05. The van der Waals surface area contributed by atoms with Crippen LogP contribution in [0.5, 0.6) is 5.75 Å². The molecular weight excluding hydrogens is 148 g/mol. The van der Waals surface area contributed by atoms with Crippen LogP contribution >= 0.6 is 0 Å². The number of hydrogen-bond donors (Lipinski definition) is 0. The molecule has 0 heterocycles. The van der Waals surface area contributed by atoms with E-state index >= 15 is 0 Å². The standard InChI is InChI=1S/C11H14O/c1-4-9-6-7-11(12-3)8-10(9)5-2/h4,6-8H,1,5H2,2-3H3. The maximum atomic E-state index is 5.12. The number of aryl methyl sites for hydroxylation is 1. The van der Waals surface area contributed by atoms with Crippen molar-refractivity contribution in [3.8, 4) is 5.75 Å². The summed E-state index contributed by atoms with van der Waals surface area (Å²) in [7, 11) is 1.68. The average molecular weight is 162 g/mol. The van der Waals surface area contributed by atoms with E-state index in [2.05, 4.69) is 19.6 Å². The lowest BCUT2D eigenvalue weighted by Crippen LogP contribution is -1.89. The molecule has 0 aliphatic rings. The summed E-state index contributed by atoms with van der Waals surface area (Å²) in [5.41, 5.74) is 2.47. The zero-order valence-electron chi connectivity index (χ0n) is 7.63. The van der Waals surface area contributed by atoms with Crippen molar-refractivity contribution in [3.63, 3.8) is 0 Å². The summed E-state index contributed by atoms with van der Waals surface area (Å²) < 4.78 is 5.12. The van der Waals surface area contributed by atoms with Crippen LogP contribution < -0.4 is 4.74 Å². The van der Waals surface area contributed by atoms with E-state index in [0.29, 0.717) is 0 Å². The van der Waals surface area contributed by atoms with Gasteiger partial charge in [0.1, 0.15) is 5.75 Å². The van der Waals surface area contributed by atoms with Crippen LogP contribution in [0.2, 0.25) is 0 Å². The molecule has 0 amide bonds. The van der Waals surface area contributed by atoms with Crippen LogP contribution in [-0.2, 0) is 6.42 Å². The molecule has 0 aliphatic heterocycles. The van der Waals surface area contributed by atoms with Crippen LogP contribution in [0.25, 0.3) is 6.08 Å². The van der Waals surface area contributed by atoms with Crippen LogP contribution in [0, 0.1) is 0 Å². The quantitative estimate of drug-likeness (QED) is 0.664. The molecule has 0 unspecified atom stereocenters. The van der Waals surface area contributed by atoms with Gasteiger partial charge >= 0.3 is 0 Å². The van der Waals surface area contributed by atoms with Gasteiger partial charge in [-0.2, -0.15) is 0 Å². The summed E-state index contributed by atoms with van der Waals surface area (Å²) in [5.74, 6) is 0.914. The van der Waals surface area contributed by atoms with Crippen LogP contribution in [0.4, 0.5) is 0 Å². The highest BCUT2D eigenvalue weighted by molar-refractivity contribution is 5.53. The number of methoxy groups -OCH3 is 1. The molecule has 0 spiro atoms. The topological polar surface area (TPSA) is 9.23 Å². The largest absolute Gasteiger partial charge is 0.497 e. The molecular formula is C11H14O. The first kappa shape index (κ1) is 8.85. The Morgan fingerprint density at radius 3 is 2.75 bits per heavy atom. The molecule has 64 valence electrons. The van der Waals surface area contributed by atoms with E-state index in [4.69, 9.17) is 4.74 Å². The van der Waals surface area contributed by atoms with E-state index in [1.807, 2.05) is 18.2 Å². The number of rotatable bonds is 3. The summed E-state index contributed by atoms with van der Waals surface area (Å²) in [5, 5.41) is 0. The summed E-state index contributed by atoms with van der Waals surface area (Å²) >= 11 is 0. The van der Waals surface area contributed by atoms with Gasteiger partial charge < -0.3 is 4.74 Å². The third-order valence-electron chi connectivity index (χ3n) is 1.95. The Hall–Kier alpha value is -1.24. The third-order valence-corrected chi connectivity index (χ3v) is 1.95. The second-order valence-corrected chi connectivity index (χ2v) is 2.62. The molecule has 0 N–H and O–H groups in total. The molecule has 0 fully saturated rings. The fourth-order valence-corrected chi connectivity index (χ4v) is 1.21. The first-order valence-electron chi connectivity index (χ1n) is 4.11. The minimum absolute atomic E-state index is 0.914. The highest BCUT2D eigenvalue weighted by Gasteiger charge is 1.98. The zero-order chi connectivity index (χ0) is 8.97. The van der Waals surface area contributed by atoms with Crippen LogP contribution in [0.1, 0.15) is 18.1 Å². The van der Waals surface area contributed by atoms with Crippen molar-refractivity contribution in [1.29, 1.82) is 0 Å². The molecule has 0 saturated heterocycles. The summed E-state index contributed by atoms with van der Waals surface area (Å²) in [4.78, 5) is 0. The van der Waals surface area contributed by atoms with Crippen molar-refractivity contribution >= 4 is 6.08 Å². The van der Waals surface area contributed by atoms with E-state index in [9.17, 15) is 0 Å². The monoisotopic (exact) mass is 162 g/mol. The Bertz CT molecular complexity index is 276. The number of hydrogen-bond acceptors (Lipinski definition) is 1. The SMILES string of the molecule is C=Cc1ccc(OC)cc1CC. The summed E-state index contributed by atoms with van der Waals surface area (Å²) in [6.45, 7) is 5.88. The molecule has 12 heavy (non-hydrogen) atoms. The Labute approximate surface area is 73.7 Å². The van der Waals surface area contributed by atoms with Crippen molar-refractivity contribution in [3.05, 3.63) is 35.9 Å². The smallest absolute Gasteiger partial charge is 0.119 e. The van der Waals surface area contributed by atoms with E-state index in [-0.39, 0.29) is 0 Å². The predicted molar refractivity (Wildman–Crippen MR) is 52.5 cm³/mol. The van der Waals surface area contributed by atoms with E-state index < -0.39 is 0 Å². The molecule has 0 atom stereocenters. The molecule has 0 aromatic heterocycles. The minimum atomic E-state index is 0.914. The normalized spacial score (nSPS) is 9.50. The molecule has 0 aliphatic carbocycles. The highest BCUT2D eigenvalue weighted by atomic mass is 16.5. The molecule has 0 radical (unpaired) electrons. The number of ether oxygens (including phenoxy) is 1. The van der Waals surface area contributed by atoms with Gasteiger partial charge in [0.15, 0.2) is 0 Å². The minimum Gasteiger partial charge on any atom is -0.497 e. The molecule has 1 aromatic rings. The molecule has 1 nitrogen and oxygen atoms in total. The third kappa shape index (κ3) is 1.67. The second kappa shape index (κ2) is 3.96. The molecule has 1 heteroatoms. The van der Waals surface area contributed by atoms with Gasteiger partial charge in [-0.15, -0.1) is 0 Å². The Morgan fingerprint density at radius 2 is 2.25 bits per heavy atom. The fraction of sp³-hybridized carbons (Fsp3) is 0.273. The van der Waals surface area contributed by atoms with Gasteiger partial charge in [0.05, 0.1) is 7.11 Å². The first-order valence-corrected chi connectivity index (χ1v) is 4.11. The van der Waals surface area contributed by atoms with E-state index in [1.54, 1.807) is 7.11 Å². The Balaban J connectivity index is 3.10. The Kier molecular flexibility index (Phi) is 2.92. The van der Waals surface area contributed by atoms with Crippen molar-refractivity contribution < 1.29 is 4.74 Å². The molecule has 0 bridgehead atoms. The van der Waals surface area contributed by atoms with Crippen LogP contribution in [0.15, 0.2) is 24.8 Å². The highest BCUT2D eigenvalue weighted by Crippen LogP contribution is 2.18. The predicted octanol–water partition coefficient (Wildman–Crippen LogP) is 2.90. The van der Waals surface area contributed by atoms with Crippen LogP contribution in [0.3, 0.4) is 0 Å². The van der Waals surface area contributed by atoms with Gasteiger partial charge in [0, 0.05) is 0 Å². The van der Waals surface area contributed by atoms with E-state index in [1.165, 1.54) is 11.1 Å². The van der Waals surface area contributed by atoms with E-state index in [0.717, 1.165) is 12.2 Å². The van der Waals surface area contributed by atoms with Crippen molar-refractivity contribution in [2.24, 2.45) is 0 Å². The lowest BCUT2D eigenvalue weighted by molar-refractivity contribution is 0.414. The average Bonchev–Trinajstić information content (AvgIpc) is 2.16. The summed E-state index contributed by atoms with van der Waals surface area (Å²) in [6.07, 6.45) is 2.89. The van der Waals surface area contributed by atoms with Gasteiger partial charge in [-0.3, -0.25) is 0 Å². The fourth-order valence-electron chi connectivity index (χ4n) is 1.21. The van der Waals surface area contributed by atoms with Gasteiger partial charge in [-0.1, -0.05) is 25.6 Å². The summed E-state index contributed by atoms with van der Waals surface area (Å²) in [6, 6.07) is 6.04. The molecule has 1 rings (SSSR count). The van der Waals surface area contributed by atoms with Crippen molar-refractivity contribution in [1.82, 2.24) is 0 Å². The first-order chi connectivity index (χ1) is 5.81. The maximum Gasteiger partial charge on any atom is 0.119 e. The van der Waals surface area contributed by atoms with Gasteiger partial charge in [-0.25, -0.2) is 0 Å². The number of benzene rings is 1. The van der Waals surface area contributed by atoms with Gasteiger partial charge in [0.2, 0.25) is 0 Å². The molecule has 0 saturated carbocycles. The van der Waals surface area contributed by atoms with Crippen molar-refractivity contribution in [2.75, 3.05) is 7.11 Å². The van der Waals surface area contributed by atoms with Crippen molar-refractivity contribution in [2.45, 2.75) is 13.3 Å². The Morgan fingerprint density at radius 1 is 1.50 bits per heavy atom. The van der Waals surface area contributed by atoms with Crippen LogP contribution in [-0.4, -0.2) is 7.11 Å². The molecule has 1 aromatic carbocycles. The lowest BCUT2D eigenvalue weighted by atomic mass is 10.1. The second-order valence-electron chi connectivity index (χ2n) is 2.62. The van der Waals surface area contributed by atoms with Gasteiger partial charge in [-0.05, 0) is 29.7 Å².